The number of carbonyl (C=O) groups excluding carboxylic acids is 1. The molecule has 3 rings (SSSR count). The summed E-state index contributed by atoms with van der Waals surface area (Å²) in [5, 5.41) is -0.297. The van der Waals surface area contributed by atoms with Crippen LogP contribution in [0, 0.1) is 0 Å². The Morgan fingerprint density at radius 3 is 2.37 bits per heavy atom. The minimum atomic E-state index is -4.83. The van der Waals surface area contributed by atoms with Crippen molar-refractivity contribution in [3.8, 4) is 11.1 Å². The van der Waals surface area contributed by atoms with Gasteiger partial charge in [0, 0.05) is 11.8 Å². The summed E-state index contributed by atoms with van der Waals surface area (Å²) in [6.07, 6.45) is -4.01. The lowest BCUT2D eigenvalue weighted by Crippen LogP contribution is -2.37. The minimum Gasteiger partial charge on any atom is -0.307 e. The molecular formula is C19H15F3N2O5S. The van der Waals surface area contributed by atoms with E-state index in [4.69, 9.17) is 0 Å². The summed E-state index contributed by atoms with van der Waals surface area (Å²) in [6.45, 7) is 1.26. The minimum absolute atomic E-state index is 0.0391. The molecule has 2 aromatic carbocycles. The van der Waals surface area contributed by atoms with Crippen LogP contribution >= 0.6 is 0 Å². The van der Waals surface area contributed by atoms with Crippen molar-refractivity contribution >= 4 is 26.5 Å². The maximum Gasteiger partial charge on any atom is 0.417 e. The lowest BCUT2D eigenvalue weighted by molar-refractivity contribution is -0.137. The molecule has 0 bridgehead atoms. The average Bonchev–Trinajstić information content (AvgIpc) is 2.63. The van der Waals surface area contributed by atoms with E-state index in [9.17, 15) is 36.0 Å². The maximum absolute atomic E-state index is 13.7. The van der Waals surface area contributed by atoms with Crippen molar-refractivity contribution < 1.29 is 26.4 Å². The van der Waals surface area contributed by atoms with Gasteiger partial charge in [0.15, 0.2) is 15.6 Å². The first kappa shape index (κ1) is 21.5. The highest BCUT2D eigenvalue weighted by atomic mass is 32.2. The molecule has 1 N–H and O–H groups in total. The van der Waals surface area contributed by atoms with Crippen LogP contribution in [0.25, 0.3) is 22.0 Å². The lowest BCUT2D eigenvalue weighted by Gasteiger charge is -2.15. The van der Waals surface area contributed by atoms with E-state index in [0.717, 1.165) is 12.3 Å². The molecule has 1 heterocycles. The molecule has 0 saturated carbocycles. The summed E-state index contributed by atoms with van der Waals surface area (Å²) in [7, 11) is -3.77. The summed E-state index contributed by atoms with van der Waals surface area (Å²) < 4.78 is 64.6. The number of ketones is 1. The predicted octanol–water partition coefficient (Wildman–Crippen LogP) is 2.58. The van der Waals surface area contributed by atoms with Crippen LogP contribution in [0.4, 0.5) is 13.2 Å². The number of Topliss-reactive ketones (excluding diaryl/α,β-unsaturated/α-hetero) is 1. The van der Waals surface area contributed by atoms with Gasteiger partial charge in [-0.2, -0.15) is 13.2 Å². The number of benzene rings is 2. The molecule has 0 atom stereocenters. The van der Waals surface area contributed by atoms with E-state index in [-0.39, 0.29) is 33.4 Å². The van der Waals surface area contributed by atoms with Crippen LogP contribution in [0.2, 0.25) is 0 Å². The third-order valence-electron chi connectivity index (χ3n) is 4.37. The molecule has 7 nitrogen and oxygen atoms in total. The maximum atomic E-state index is 13.7. The van der Waals surface area contributed by atoms with E-state index in [0.29, 0.717) is 10.6 Å². The van der Waals surface area contributed by atoms with E-state index >= 15 is 0 Å². The van der Waals surface area contributed by atoms with Crippen molar-refractivity contribution in [3.63, 3.8) is 0 Å². The number of carbonyl (C=O) groups is 1. The number of aromatic amines is 1. The molecule has 0 amide bonds. The van der Waals surface area contributed by atoms with E-state index in [1.807, 2.05) is 0 Å². The Kier molecular flexibility index (Phi) is 5.19. The Morgan fingerprint density at radius 1 is 1.13 bits per heavy atom. The Morgan fingerprint density at radius 2 is 1.80 bits per heavy atom. The number of sulfone groups is 1. The first-order valence-corrected chi connectivity index (χ1v) is 10.5. The normalized spacial score (nSPS) is 12.3. The highest BCUT2D eigenvalue weighted by Gasteiger charge is 2.34. The monoisotopic (exact) mass is 440 g/mol. The SMILES string of the molecule is CC(=O)c1cccc(-c2cc3c(=O)n(CS(C)(=O)=O)c(=O)[nH]c3cc2C(F)(F)F)c1. The van der Waals surface area contributed by atoms with Gasteiger partial charge < -0.3 is 4.98 Å². The summed E-state index contributed by atoms with van der Waals surface area (Å²) in [5.74, 6) is -1.28. The molecule has 1 aromatic heterocycles. The number of H-pyrrole nitrogens is 1. The summed E-state index contributed by atoms with van der Waals surface area (Å²) >= 11 is 0. The molecule has 0 aliphatic heterocycles. The van der Waals surface area contributed by atoms with Crippen LogP contribution < -0.4 is 11.2 Å². The zero-order chi connectivity index (χ0) is 22.4. The second-order valence-corrected chi connectivity index (χ2v) is 8.91. The Bertz CT molecular complexity index is 1400. The van der Waals surface area contributed by atoms with Crippen molar-refractivity contribution in [2.45, 2.75) is 19.0 Å². The van der Waals surface area contributed by atoms with Gasteiger partial charge in [-0.05, 0) is 36.2 Å². The molecule has 0 fully saturated rings. The van der Waals surface area contributed by atoms with Gasteiger partial charge in [-0.3, -0.25) is 9.59 Å². The van der Waals surface area contributed by atoms with Gasteiger partial charge in [0.25, 0.3) is 5.56 Å². The van der Waals surface area contributed by atoms with Gasteiger partial charge >= 0.3 is 11.9 Å². The number of alkyl halides is 3. The Hall–Kier alpha value is -3.21. The first-order chi connectivity index (χ1) is 13.8. The molecular weight excluding hydrogens is 425 g/mol. The highest BCUT2D eigenvalue weighted by Crippen LogP contribution is 2.38. The van der Waals surface area contributed by atoms with Crippen LogP contribution in [0.15, 0.2) is 46.0 Å². The number of halogens is 3. The first-order valence-electron chi connectivity index (χ1n) is 8.45. The molecule has 30 heavy (non-hydrogen) atoms. The second-order valence-electron chi connectivity index (χ2n) is 6.80. The third-order valence-corrected chi connectivity index (χ3v) is 5.10. The van der Waals surface area contributed by atoms with Crippen LogP contribution in [-0.2, 0) is 21.9 Å². The van der Waals surface area contributed by atoms with Crippen molar-refractivity contribution in [2.75, 3.05) is 6.26 Å². The number of hydrogen-bond acceptors (Lipinski definition) is 5. The van der Waals surface area contributed by atoms with E-state index < -0.39 is 38.7 Å². The van der Waals surface area contributed by atoms with E-state index in [1.165, 1.54) is 31.2 Å². The highest BCUT2D eigenvalue weighted by molar-refractivity contribution is 7.89. The standard InChI is InChI=1S/C19H15F3N2O5S/c1-10(25)11-4-3-5-12(6-11)13-7-14-16(8-15(13)19(20,21)22)23-18(27)24(17(14)26)9-30(2,28)29/h3-8H,9H2,1-2H3,(H,23,27). The van der Waals surface area contributed by atoms with Crippen molar-refractivity contribution in [1.29, 1.82) is 0 Å². The topological polar surface area (TPSA) is 106 Å². The Balaban J connectivity index is 2.41. The third kappa shape index (κ3) is 4.20. The molecule has 0 saturated heterocycles. The zero-order valence-electron chi connectivity index (χ0n) is 15.7. The number of rotatable bonds is 4. The molecule has 0 aliphatic carbocycles. The molecule has 0 radical (unpaired) electrons. The fourth-order valence-corrected chi connectivity index (χ4v) is 3.73. The number of nitrogens with one attached hydrogen (secondary N) is 1. The number of hydrogen-bond donors (Lipinski definition) is 1. The quantitative estimate of drug-likeness (QED) is 0.628. The van der Waals surface area contributed by atoms with Crippen molar-refractivity contribution in [1.82, 2.24) is 9.55 Å². The Labute approximate surface area is 167 Å². The molecule has 0 unspecified atom stereocenters. The van der Waals surface area contributed by atoms with Gasteiger partial charge in [0.1, 0.15) is 5.88 Å². The van der Waals surface area contributed by atoms with Gasteiger partial charge in [0.05, 0.1) is 16.5 Å². The summed E-state index contributed by atoms with van der Waals surface area (Å²) in [4.78, 5) is 38.5. The van der Waals surface area contributed by atoms with E-state index in [1.54, 1.807) is 0 Å². The smallest absolute Gasteiger partial charge is 0.307 e. The van der Waals surface area contributed by atoms with Crippen LogP contribution in [-0.4, -0.2) is 30.0 Å². The second kappa shape index (κ2) is 7.24. The molecule has 0 aliphatic rings. The van der Waals surface area contributed by atoms with Crippen LogP contribution in [0.1, 0.15) is 22.8 Å². The van der Waals surface area contributed by atoms with Crippen LogP contribution in [0.3, 0.4) is 0 Å². The van der Waals surface area contributed by atoms with Crippen molar-refractivity contribution in [3.05, 3.63) is 68.4 Å². The molecule has 0 spiro atoms. The fourth-order valence-electron chi connectivity index (χ4n) is 3.03. The van der Waals surface area contributed by atoms with Gasteiger partial charge in [0.2, 0.25) is 0 Å². The van der Waals surface area contributed by atoms with Gasteiger partial charge in [-0.1, -0.05) is 18.2 Å². The van der Waals surface area contributed by atoms with Crippen LogP contribution in [0.5, 0.6) is 0 Å². The zero-order valence-corrected chi connectivity index (χ0v) is 16.5. The largest absolute Gasteiger partial charge is 0.417 e. The van der Waals surface area contributed by atoms with Gasteiger partial charge in [-0.25, -0.2) is 17.8 Å². The number of nitrogens with zero attached hydrogens (tertiary/aromatic N) is 1. The average molecular weight is 440 g/mol. The molecule has 158 valence electrons. The van der Waals surface area contributed by atoms with Gasteiger partial charge in [-0.15, -0.1) is 0 Å². The summed E-state index contributed by atoms with van der Waals surface area (Å²) in [5.41, 5.74) is -3.85. The van der Waals surface area contributed by atoms with E-state index in [2.05, 4.69) is 4.98 Å². The lowest BCUT2D eigenvalue weighted by atomic mass is 9.95. The molecule has 11 heteroatoms. The van der Waals surface area contributed by atoms with Crippen molar-refractivity contribution in [2.24, 2.45) is 0 Å². The summed E-state index contributed by atoms with van der Waals surface area (Å²) in [6, 6.07) is 7.03. The molecule has 3 aromatic rings. The number of aromatic nitrogens is 2. The number of fused-ring (bicyclic) bond motifs is 1. The fraction of sp³-hybridized carbons (Fsp3) is 0.211. The predicted molar refractivity (Wildman–Crippen MR) is 104 cm³/mol.